The molecule has 0 saturated carbocycles. The molecule has 3 heteroatoms. The topological polar surface area (TPSA) is 21.3 Å². The number of nitrogens with one attached hydrogen (secondary N) is 1. The van der Waals surface area contributed by atoms with Crippen molar-refractivity contribution in [3.05, 3.63) is 59.1 Å². The van der Waals surface area contributed by atoms with Crippen LogP contribution in [-0.2, 0) is 0 Å². The lowest BCUT2D eigenvalue weighted by atomic mass is 9.98. The van der Waals surface area contributed by atoms with Gasteiger partial charge >= 0.3 is 0 Å². The molecule has 0 bridgehead atoms. The van der Waals surface area contributed by atoms with E-state index in [-0.39, 0.29) is 6.10 Å². The van der Waals surface area contributed by atoms with Gasteiger partial charge < -0.3 is 10.1 Å². The zero-order valence-corrected chi connectivity index (χ0v) is 14.2. The Hall–Kier alpha value is -1.67. The number of anilines is 1. The summed E-state index contributed by atoms with van der Waals surface area (Å²) in [5.74, 6) is 1.48. The van der Waals surface area contributed by atoms with Crippen molar-refractivity contribution in [2.24, 2.45) is 0 Å². The molecule has 0 aromatic heterocycles. The molecule has 22 heavy (non-hydrogen) atoms. The van der Waals surface area contributed by atoms with Gasteiger partial charge in [-0.3, -0.25) is 0 Å². The molecule has 2 aromatic carbocycles. The monoisotopic (exact) mass is 317 g/mol. The first-order chi connectivity index (χ1) is 10.6. The normalized spacial score (nSPS) is 13.5. The average molecular weight is 318 g/mol. The Bertz CT molecular complexity index is 599. The van der Waals surface area contributed by atoms with Gasteiger partial charge in [-0.25, -0.2) is 0 Å². The fourth-order valence-corrected chi connectivity index (χ4v) is 2.53. The highest BCUT2D eigenvalue weighted by molar-refractivity contribution is 6.33. The smallest absolute Gasteiger partial charge is 0.123 e. The number of ether oxygens (including phenoxy) is 1. The van der Waals surface area contributed by atoms with Gasteiger partial charge in [0.15, 0.2) is 0 Å². The van der Waals surface area contributed by atoms with Crippen molar-refractivity contribution in [2.45, 2.75) is 39.2 Å². The molecule has 118 valence electrons. The average Bonchev–Trinajstić information content (AvgIpc) is 2.54. The summed E-state index contributed by atoms with van der Waals surface area (Å²) < 4.78 is 6.12. The number of halogens is 1. The maximum absolute atomic E-state index is 6.15. The van der Waals surface area contributed by atoms with Gasteiger partial charge in [-0.1, -0.05) is 55.8 Å². The van der Waals surface area contributed by atoms with Crippen LogP contribution in [0.4, 0.5) is 5.69 Å². The Labute approximate surface area is 138 Å². The third-order valence-electron chi connectivity index (χ3n) is 3.84. The lowest BCUT2D eigenvalue weighted by Gasteiger charge is -2.21. The van der Waals surface area contributed by atoms with Crippen molar-refractivity contribution < 1.29 is 4.74 Å². The van der Waals surface area contributed by atoms with Crippen LogP contribution in [0, 0.1) is 0 Å². The minimum Gasteiger partial charge on any atom is -0.489 e. The van der Waals surface area contributed by atoms with E-state index in [1.54, 1.807) is 0 Å². The van der Waals surface area contributed by atoms with Crippen LogP contribution in [0.25, 0.3) is 0 Å². The van der Waals surface area contributed by atoms with Crippen LogP contribution < -0.4 is 10.1 Å². The minimum atomic E-state index is 0.0569. The summed E-state index contributed by atoms with van der Waals surface area (Å²) in [7, 11) is 0. The predicted octanol–water partition coefficient (Wildman–Crippen LogP) is 5.73. The van der Waals surface area contributed by atoms with E-state index in [0.717, 1.165) is 22.9 Å². The number of para-hydroxylation sites is 2. The molecule has 0 aliphatic heterocycles. The summed E-state index contributed by atoms with van der Waals surface area (Å²) in [5, 5.41) is 4.07. The highest BCUT2D eigenvalue weighted by Gasteiger charge is 2.12. The van der Waals surface area contributed by atoms with E-state index in [9.17, 15) is 0 Å². The quantitative estimate of drug-likeness (QED) is 0.703. The maximum atomic E-state index is 6.15. The van der Waals surface area contributed by atoms with Crippen LogP contribution in [-0.4, -0.2) is 12.6 Å². The molecule has 1 N–H and O–H groups in total. The molecule has 2 nitrogen and oxygen atoms in total. The Balaban J connectivity index is 1.98. The van der Waals surface area contributed by atoms with E-state index >= 15 is 0 Å². The van der Waals surface area contributed by atoms with Crippen molar-refractivity contribution in [2.75, 3.05) is 11.9 Å². The second kappa shape index (κ2) is 8.09. The molecule has 0 spiro atoms. The Morgan fingerprint density at radius 1 is 1.05 bits per heavy atom. The van der Waals surface area contributed by atoms with Crippen molar-refractivity contribution in [1.29, 1.82) is 0 Å². The van der Waals surface area contributed by atoms with E-state index in [4.69, 9.17) is 16.3 Å². The van der Waals surface area contributed by atoms with Crippen LogP contribution >= 0.6 is 11.6 Å². The summed E-state index contributed by atoms with van der Waals surface area (Å²) in [6, 6.07) is 16.0. The molecule has 0 heterocycles. The van der Waals surface area contributed by atoms with Crippen molar-refractivity contribution >= 4 is 17.3 Å². The predicted molar refractivity (Wildman–Crippen MR) is 95.2 cm³/mol. The largest absolute Gasteiger partial charge is 0.489 e. The molecule has 0 amide bonds. The van der Waals surface area contributed by atoms with Gasteiger partial charge in [0.2, 0.25) is 0 Å². The van der Waals surface area contributed by atoms with Crippen LogP contribution in [0.3, 0.4) is 0 Å². The van der Waals surface area contributed by atoms with E-state index < -0.39 is 0 Å². The van der Waals surface area contributed by atoms with E-state index in [1.807, 2.05) is 36.4 Å². The van der Waals surface area contributed by atoms with Crippen molar-refractivity contribution in [3.63, 3.8) is 0 Å². The highest BCUT2D eigenvalue weighted by Crippen LogP contribution is 2.29. The fourth-order valence-electron chi connectivity index (χ4n) is 2.33. The summed E-state index contributed by atoms with van der Waals surface area (Å²) >= 11 is 6.15. The Morgan fingerprint density at radius 3 is 2.45 bits per heavy atom. The number of hydrogen-bond donors (Lipinski definition) is 1. The molecule has 0 saturated heterocycles. The molecule has 2 rings (SSSR count). The van der Waals surface area contributed by atoms with Crippen molar-refractivity contribution in [3.8, 4) is 5.75 Å². The van der Waals surface area contributed by atoms with Gasteiger partial charge in [0, 0.05) is 0 Å². The van der Waals surface area contributed by atoms with Gasteiger partial charge in [0.05, 0.1) is 17.3 Å². The molecule has 0 aliphatic carbocycles. The molecule has 0 aliphatic rings. The molecule has 0 fully saturated rings. The fraction of sp³-hybridized carbons (Fsp3) is 0.368. The number of rotatable bonds is 7. The van der Waals surface area contributed by atoms with Gasteiger partial charge in [0.25, 0.3) is 0 Å². The second-order valence-corrected chi connectivity index (χ2v) is 6.04. The van der Waals surface area contributed by atoms with E-state index in [2.05, 4.69) is 38.2 Å². The summed E-state index contributed by atoms with van der Waals surface area (Å²) in [6.07, 6.45) is 1.16. The molecule has 0 radical (unpaired) electrons. The standard InChI is InChI=1S/C19H24ClNO/c1-4-14(2)16-9-5-8-12-19(16)22-15(3)13-21-18-11-7-6-10-17(18)20/h5-12,14-15,21H,4,13H2,1-3H3. The first-order valence-corrected chi connectivity index (χ1v) is 8.23. The Kier molecular flexibility index (Phi) is 6.14. The molecule has 2 aromatic rings. The SMILES string of the molecule is CCC(C)c1ccccc1OC(C)CNc1ccccc1Cl. The third-order valence-corrected chi connectivity index (χ3v) is 4.17. The van der Waals surface area contributed by atoms with Gasteiger partial charge in [0.1, 0.15) is 11.9 Å². The van der Waals surface area contributed by atoms with Crippen LogP contribution in [0.5, 0.6) is 5.75 Å². The van der Waals surface area contributed by atoms with E-state index in [1.165, 1.54) is 5.56 Å². The first-order valence-electron chi connectivity index (χ1n) is 7.85. The lowest BCUT2D eigenvalue weighted by Crippen LogP contribution is -2.23. The van der Waals surface area contributed by atoms with Crippen LogP contribution in [0.1, 0.15) is 38.7 Å². The summed E-state index contributed by atoms with van der Waals surface area (Å²) in [5.41, 5.74) is 2.21. The zero-order chi connectivity index (χ0) is 15.9. The number of hydrogen-bond acceptors (Lipinski definition) is 2. The molecule has 2 atom stereocenters. The minimum absolute atomic E-state index is 0.0569. The van der Waals surface area contributed by atoms with Gasteiger partial charge in [-0.15, -0.1) is 0 Å². The van der Waals surface area contributed by atoms with Crippen LogP contribution in [0.15, 0.2) is 48.5 Å². The van der Waals surface area contributed by atoms with Gasteiger partial charge in [-0.05, 0) is 43.0 Å². The molecular weight excluding hydrogens is 294 g/mol. The van der Waals surface area contributed by atoms with E-state index in [0.29, 0.717) is 12.5 Å². The lowest BCUT2D eigenvalue weighted by molar-refractivity contribution is 0.231. The first kappa shape index (κ1) is 16.7. The van der Waals surface area contributed by atoms with Crippen LogP contribution in [0.2, 0.25) is 5.02 Å². The second-order valence-electron chi connectivity index (χ2n) is 5.64. The summed E-state index contributed by atoms with van der Waals surface area (Å²) in [6.45, 7) is 7.20. The molecular formula is C19H24ClNO. The highest BCUT2D eigenvalue weighted by atomic mass is 35.5. The zero-order valence-electron chi connectivity index (χ0n) is 13.5. The maximum Gasteiger partial charge on any atom is 0.123 e. The Morgan fingerprint density at radius 2 is 1.73 bits per heavy atom. The van der Waals surface area contributed by atoms with Crippen molar-refractivity contribution in [1.82, 2.24) is 0 Å². The summed E-state index contributed by atoms with van der Waals surface area (Å²) in [4.78, 5) is 0. The van der Waals surface area contributed by atoms with Gasteiger partial charge in [-0.2, -0.15) is 0 Å². The molecule has 2 unspecified atom stereocenters. The number of benzene rings is 2. The third kappa shape index (κ3) is 4.41.